The van der Waals surface area contributed by atoms with Crippen molar-refractivity contribution in [3.8, 4) is 0 Å². The second-order valence-electron chi connectivity index (χ2n) is 7.53. The smallest absolute Gasteiger partial charge is 0.224 e. The summed E-state index contributed by atoms with van der Waals surface area (Å²) >= 11 is 0. The summed E-state index contributed by atoms with van der Waals surface area (Å²) in [7, 11) is 0. The molecular weight excluding hydrogens is 272 g/mol. The Kier molecular flexibility index (Phi) is 4.02. The van der Waals surface area contributed by atoms with E-state index in [1.54, 1.807) is 0 Å². The summed E-state index contributed by atoms with van der Waals surface area (Å²) in [6.07, 6.45) is 4.42. The highest BCUT2D eigenvalue weighted by molar-refractivity contribution is 5.83. The highest BCUT2D eigenvalue weighted by atomic mass is 16.2. The molecule has 1 saturated carbocycles. The lowest BCUT2D eigenvalue weighted by Gasteiger charge is -2.29. The number of hydrogen-bond acceptors (Lipinski definition) is 2. The van der Waals surface area contributed by atoms with Crippen LogP contribution in [0.15, 0.2) is 24.3 Å². The quantitative estimate of drug-likeness (QED) is 0.897. The molecule has 120 valence electrons. The summed E-state index contributed by atoms with van der Waals surface area (Å²) in [6, 6.07) is 8.61. The van der Waals surface area contributed by atoms with E-state index in [4.69, 9.17) is 0 Å². The second-order valence-corrected chi connectivity index (χ2v) is 7.53. The van der Waals surface area contributed by atoms with Gasteiger partial charge in [0.15, 0.2) is 0 Å². The predicted molar refractivity (Wildman–Crippen MR) is 89.6 cm³/mol. The van der Waals surface area contributed by atoms with Crippen LogP contribution in [0.4, 0.5) is 0 Å². The second kappa shape index (κ2) is 5.69. The zero-order chi connectivity index (χ0) is 15.8. The minimum atomic E-state index is -0.306. The largest absolute Gasteiger partial charge is 0.347 e. The number of piperidine rings is 1. The highest BCUT2D eigenvalue weighted by Gasteiger charge is 2.58. The third-order valence-corrected chi connectivity index (χ3v) is 5.63. The molecule has 2 aliphatic rings. The van der Waals surface area contributed by atoms with Crippen molar-refractivity contribution in [3.63, 3.8) is 0 Å². The standard InChI is InChI=1S/C19H28N2O/c1-4-14-5-7-15(8-6-14)18(2,3)21-17(22)16-13-19(16)9-11-20-12-10-19/h5-8,16,20H,4,9-13H2,1-3H3,(H,21,22). The van der Waals surface area contributed by atoms with Gasteiger partial charge in [-0.05, 0) is 69.2 Å². The minimum absolute atomic E-state index is 0.226. The fraction of sp³-hybridized carbons (Fsp3) is 0.632. The van der Waals surface area contributed by atoms with Crippen molar-refractivity contribution in [3.05, 3.63) is 35.4 Å². The van der Waals surface area contributed by atoms with E-state index in [-0.39, 0.29) is 17.4 Å². The molecule has 1 aliphatic heterocycles. The van der Waals surface area contributed by atoms with E-state index in [0.29, 0.717) is 5.41 Å². The Morgan fingerprint density at radius 3 is 2.50 bits per heavy atom. The normalized spacial score (nSPS) is 23.3. The SMILES string of the molecule is CCc1ccc(C(C)(C)NC(=O)C2CC23CCNCC3)cc1. The van der Waals surface area contributed by atoms with Crippen molar-refractivity contribution < 1.29 is 4.79 Å². The fourth-order valence-corrected chi connectivity index (χ4v) is 3.82. The van der Waals surface area contributed by atoms with Gasteiger partial charge in [0.2, 0.25) is 5.91 Å². The summed E-state index contributed by atoms with van der Waals surface area (Å²) in [5.74, 6) is 0.468. The monoisotopic (exact) mass is 300 g/mol. The molecule has 3 heteroatoms. The topological polar surface area (TPSA) is 41.1 Å². The number of rotatable bonds is 4. The van der Waals surface area contributed by atoms with Crippen molar-refractivity contribution in [2.75, 3.05) is 13.1 Å². The Bertz CT molecular complexity index is 541. The molecule has 1 aromatic carbocycles. The number of carbonyl (C=O) groups is 1. The van der Waals surface area contributed by atoms with Crippen LogP contribution in [0.5, 0.6) is 0 Å². The Labute approximate surface area is 133 Å². The average molecular weight is 300 g/mol. The van der Waals surface area contributed by atoms with Crippen LogP contribution in [0.25, 0.3) is 0 Å². The van der Waals surface area contributed by atoms with Crippen LogP contribution in [0.3, 0.4) is 0 Å². The van der Waals surface area contributed by atoms with Gasteiger partial charge in [0.1, 0.15) is 0 Å². The number of carbonyl (C=O) groups excluding carboxylic acids is 1. The maximum Gasteiger partial charge on any atom is 0.224 e. The van der Waals surface area contributed by atoms with Gasteiger partial charge in [-0.25, -0.2) is 0 Å². The van der Waals surface area contributed by atoms with Gasteiger partial charge in [-0.15, -0.1) is 0 Å². The lowest BCUT2D eigenvalue weighted by Crippen LogP contribution is -2.43. The number of hydrogen-bond donors (Lipinski definition) is 2. The van der Waals surface area contributed by atoms with Crippen molar-refractivity contribution in [1.82, 2.24) is 10.6 Å². The number of amides is 1. The Hall–Kier alpha value is -1.35. The maximum atomic E-state index is 12.7. The first kappa shape index (κ1) is 15.5. The van der Waals surface area contributed by atoms with Crippen molar-refractivity contribution >= 4 is 5.91 Å². The lowest BCUT2D eigenvalue weighted by atomic mass is 9.90. The first-order valence-corrected chi connectivity index (χ1v) is 8.59. The van der Waals surface area contributed by atoms with E-state index >= 15 is 0 Å². The predicted octanol–water partition coefficient (Wildman–Crippen LogP) is 2.99. The molecule has 2 fully saturated rings. The highest BCUT2D eigenvalue weighted by Crippen LogP contribution is 2.58. The van der Waals surface area contributed by atoms with E-state index in [9.17, 15) is 4.79 Å². The zero-order valence-corrected chi connectivity index (χ0v) is 14.0. The molecule has 1 aliphatic carbocycles. The number of nitrogens with one attached hydrogen (secondary N) is 2. The van der Waals surface area contributed by atoms with Gasteiger partial charge in [0.25, 0.3) is 0 Å². The third kappa shape index (κ3) is 2.91. The molecule has 3 nitrogen and oxygen atoms in total. The first-order valence-electron chi connectivity index (χ1n) is 8.59. The molecule has 1 atom stereocenters. The minimum Gasteiger partial charge on any atom is -0.347 e. The van der Waals surface area contributed by atoms with Crippen LogP contribution < -0.4 is 10.6 Å². The van der Waals surface area contributed by atoms with Crippen molar-refractivity contribution in [1.29, 1.82) is 0 Å². The van der Waals surface area contributed by atoms with Crippen LogP contribution in [0.1, 0.15) is 51.2 Å². The van der Waals surface area contributed by atoms with Gasteiger partial charge in [-0.1, -0.05) is 31.2 Å². The average Bonchev–Trinajstić information content (AvgIpc) is 3.21. The molecule has 1 heterocycles. The molecule has 22 heavy (non-hydrogen) atoms. The van der Waals surface area contributed by atoms with Crippen LogP contribution in [0.2, 0.25) is 0 Å². The van der Waals surface area contributed by atoms with Gasteiger partial charge >= 0.3 is 0 Å². The van der Waals surface area contributed by atoms with E-state index in [1.807, 2.05) is 0 Å². The zero-order valence-electron chi connectivity index (χ0n) is 14.0. The third-order valence-electron chi connectivity index (χ3n) is 5.63. The molecule has 1 unspecified atom stereocenters. The summed E-state index contributed by atoms with van der Waals surface area (Å²) in [4.78, 5) is 12.7. The van der Waals surface area contributed by atoms with E-state index in [1.165, 1.54) is 11.1 Å². The summed E-state index contributed by atoms with van der Waals surface area (Å²) in [5, 5.41) is 6.68. The Morgan fingerprint density at radius 2 is 1.91 bits per heavy atom. The summed E-state index contributed by atoms with van der Waals surface area (Å²) < 4.78 is 0. The fourth-order valence-electron chi connectivity index (χ4n) is 3.82. The molecule has 1 aromatic rings. The van der Waals surface area contributed by atoms with Crippen LogP contribution in [-0.4, -0.2) is 19.0 Å². The molecule has 1 amide bonds. The summed E-state index contributed by atoms with van der Waals surface area (Å²) in [5.41, 5.74) is 2.51. The molecule has 0 bridgehead atoms. The Balaban J connectivity index is 1.65. The first-order chi connectivity index (χ1) is 10.5. The van der Waals surface area contributed by atoms with Crippen molar-refractivity contribution in [2.45, 2.75) is 52.0 Å². The van der Waals surface area contributed by atoms with Gasteiger partial charge < -0.3 is 10.6 Å². The van der Waals surface area contributed by atoms with E-state index < -0.39 is 0 Å². The molecule has 2 N–H and O–H groups in total. The van der Waals surface area contributed by atoms with E-state index in [2.05, 4.69) is 55.7 Å². The van der Waals surface area contributed by atoms with Gasteiger partial charge in [-0.3, -0.25) is 4.79 Å². The maximum absolute atomic E-state index is 12.7. The van der Waals surface area contributed by atoms with Crippen LogP contribution >= 0.6 is 0 Å². The number of benzene rings is 1. The van der Waals surface area contributed by atoms with Gasteiger partial charge in [-0.2, -0.15) is 0 Å². The van der Waals surface area contributed by atoms with E-state index in [0.717, 1.165) is 38.8 Å². The molecule has 1 spiro atoms. The van der Waals surface area contributed by atoms with Crippen LogP contribution in [-0.2, 0) is 16.8 Å². The molecule has 1 saturated heterocycles. The van der Waals surface area contributed by atoms with Crippen molar-refractivity contribution in [2.24, 2.45) is 11.3 Å². The van der Waals surface area contributed by atoms with Gasteiger partial charge in [0.05, 0.1) is 5.54 Å². The van der Waals surface area contributed by atoms with Gasteiger partial charge in [0, 0.05) is 5.92 Å². The Morgan fingerprint density at radius 1 is 1.27 bits per heavy atom. The number of aryl methyl sites for hydroxylation is 1. The molecule has 0 radical (unpaired) electrons. The molecule has 3 rings (SSSR count). The van der Waals surface area contributed by atoms with Crippen LogP contribution in [0, 0.1) is 11.3 Å². The lowest BCUT2D eigenvalue weighted by molar-refractivity contribution is -0.125. The molecule has 0 aromatic heterocycles. The molecular formula is C19H28N2O. The summed E-state index contributed by atoms with van der Waals surface area (Å²) in [6.45, 7) is 8.48.